The fourth-order valence-electron chi connectivity index (χ4n) is 2.08. The quantitative estimate of drug-likeness (QED) is 0.804. The van der Waals surface area contributed by atoms with Crippen LogP contribution in [0.1, 0.15) is 37.4 Å². The van der Waals surface area contributed by atoms with Crippen LogP contribution in [0.25, 0.3) is 0 Å². The van der Waals surface area contributed by atoms with Crippen LogP contribution in [0.4, 0.5) is 0 Å². The zero-order valence-corrected chi connectivity index (χ0v) is 9.49. The summed E-state index contributed by atoms with van der Waals surface area (Å²) in [6, 6.07) is 8.75. The summed E-state index contributed by atoms with van der Waals surface area (Å²) in [6.07, 6.45) is 1.12. The van der Waals surface area contributed by atoms with Gasteiger partial charge in [0.15, 0.2) is 0 Å². The molecule has 0 saturated carbocycles. The zero-order valence-electron chi connectivity index (χ0n) is 9.49. The molecule has 1 heterocycles. The lowest BCUT2D eigenvalue weighted by molar-refractivity contribution is 0.181. The highest BCUT2D eigenvalue weighted by Crippen LogP contribution is 2.32. The summed E-state index contributed by atoms with van der Waals surface area (Å²) in [5, 5.41) is 0. The fourth-order valence-corrected chi connectivity index (χ4v) is 2.08. The molecule has 1 aliphatic heterocycles. The van der Waals surface area contributed by atoms with E-state index in [9.17, 15) is 0 Å². The molecule has 2 rings (SSSR count). The minimum atomic E-state index is 0.117. The van der Waals surface area contributed by atoms with Crippen LogP contribution in [-0.2, 0) is 10.2 Å². The van der Waals surface area contributed by atoms with E-state index in [2.05, 4.69) is 31.2 Å². The van der Waals surface area contributed by atoms with Gasteiger partial charge in [-0.3, -0.25) is 0 Å². The van der Waals surface area contributed by atoms with Crippen LogP contribution in [-0.4, -0.2) is 13.2 Å². The molecule has 2 N–H and O–H groups in total. The van der Waals surface area contributed by atoms with Gasteiger partial charge in [-0.2, -0.15) is 0 Å². The number of hydrogen-bond acceptors (Lipinski definition) is 2. The molecule has 1 aromatic carbocycles. The Bertz CT molecular complexity index is 323. The predicted molar refractivity (Wildman–Crippen MR) is 61.8 cm³/mol. The zero-order chi connectivity index (χ0) is 10.9. The van der Waals surface area contributed by atoms with Crippen LogP contribution >= 0.6 is 0 Å². The lowest BCUT2D eigenvalue weighted by atomic mass is 9.81. The Morgan fingerprint density at radius 1 is 1.33 bits per heavy atom. The van der Waals surface area contributed by atoms with E-state index in [0.29, 0.717) is 0 Å². The van der Waals surface area contributed by atoms with E-state index in [1.54, 1.807) is 0 Å². The normalized spacial score (nSPS) is 27.9. The molecule has 0 bridgehead atoms. The van der Waals surface area contributed by atoms with Gasteiger partial charge in [0, 0.05) is 18.1 Å². The topological polar surface area (TPSA) is 35.2 Å². The summed E-state index contributed by atoms with van der Waals surface area (Å²) in [7, 11) is 0. The van der Waals surface area contributed by atoms with E-state index in [1.165, 1.54) is 11.1 Å². The van der Waals surface area contributed by atoms with E-state index in [4.69, 9.17) is 10.5 Å². The molecule has 0 amide bonds. The highest BCUT2D eigenvalue weighted by molar-refractivity contribution is 5.30. The average molecular weight is 205 g/mol. The number of hydrogen-bond donors (Lipinski definition) is 1. The number of rotatable bonds is 2. The number of nitrogens with two attached hydrogens (primary N) is 1. The second-order valence-electron chi connectivity index (χ2n) is 4.77. The van der Waals surface area contributed by atoms with Crippen molar-refractivity contribution in [1.82, 2.24) is 0 Å². The van der Waals surface area contributed by atoms with Crippen molar-refractivity contribution >= 4 is 0 Å². The molecule has 2 heteroatoms. The van der Waals surface area contributed by atoms with Crippen LogP contribution in [0.3, 0.4) is 0 Å². The van der Waals surface area contributed by atoms with Crippen molar-refractivity contribution in [2.24, 2.45) is 5.73 Å². The Morgan fingerprint density at radius 2 is 2.00 bits per heavy atom. The fraction of sp³-hybridized carbons (Fsp3) is 0.538. The molecule has 2 nitrogen and oxygen atoms in total. The van der Waals surface area contributed by atoms with Gasteiger partial charge in [0.25, 0.3) is 0 Å². The monoisotopic (exact) mass is 205 g/mol. The second kappa shape index (κ2) is 3.95. The van der Waals surface area contributed by atoms with Crippen molar-refractivity contribution in [3.05, 3.63) is 35.4 Å². The lowest BCUT2D eigenvalue weighted by Gasteiger charge is -2.22. The van der Waals surface area contributed by atoms with Crippen molar-refractivity contribution in [2.45, 2.75) is 31.7 Å². The lowest BCUT2D eigenvalue weighted by Crippen LogP contribution is -2.21. The Labute approximate surface area is 91.4 Å². The molecular formula is C13H19NO. The van der Waals surface area contributed by atoms with Crippen molar-refractivity contribution in [2.75, 3.05) is 13.2 Å². The second-order valence-corrected chi connectivity index (χ2v) is 4.77. The molecule has 1 aliphatic rings. The molecule has 2 atom stereocenters. The van der Waals surface area contributed by atoms with Gasteiger partial charge >= 0.3 is 0 Å². The molecule has 1 aromatic rings. The van der Waals surface area contributed by atoms with Gasteiger partial charge in [-0.15, -0.1) is 0 Å². The minimum absolute atomic E-state index is 0.117. The third kappa shape index (κ3) is 2.06. The van der Waals surface area contributed by atoms with Crippen molar-refractivity contribution in [3.63, 3.8) is 0 Å². The van der Waals surface area contributed by atoms with Crippen molar-refractivity contribution in [1.29, 1.82) is 0 Å². The molecule has 1 fully saturated rings. The van der Waals surface area contributed by atoms with Gasteiger partial charge in [-0.25, -0.2) is 0 Å². The van der Waals surface area contributed by atoms with Gasteiger partial charge in [0.05, 0.1) is 6.61 Å². The SMILES string of the molecule is C[C@H](N)c1ccc(C2(C)CCOC2)cc1. The molecule has 1 unspecified atom stereocenters. The van der Waals surface area contributed by atoms with Crippen LogP contribution in [0.2, 0.25) is 0 Å². The molecule has 0 spiro atoms. The average Bonchev–Trinajstić information content (AvgIpc) is 2.67. The first kappa shape index (κ1) is 10.7. The van der Waals surface area contributed by atoms with Crippen LogP contribution in [0.5, 0.6) is 0 Å². The Hall–Kier alpha value is -0.860. The van der Waals surface area contributed by atoms with Crippen LogP contribution in [0.15, 0.2) is 24.3 Å². The number of benzene rings is 1. The molecule has 1 saturated heterocycles. The summed E-state index contributed by atoms with van der Waals surface area (Å²) in [5.74, 6) is 0. The molecule has 0 aromatic heterocycles. The van der Waals surface area contributed by atoms with Crippen molar-refractivity contribution < 1.29 is 4.74 Å². The van der Waals surface area contributed by atoms with Gasteiger partial charge in [-0.1, -0.05) is 31.2 Å². The molecule has 15 heavy (non-hydrogen) atoms. The summed E-state index contributed by atoms with van der Waals surface area (Å²) in [5.41, 5.74) is 8.59. The molecule has 82 valence electrons. The van der Waals surface area contributed by atoms with Crippen LogP contribution < -0.4 is 5.73 Å². The van der Waals surface area contributed by atoms with E-state index < -0.39 is 0 Å². The summed E-state index contributed by atoms with van der Waals surface area (Å²) in [4.78, 5) is 0. The Kier molecular flexibility index (Phi) is 2.81. The third-order valence-corrected chi connectivity index (χ3v) is 3.35. The van der Waals surface area contributed by atoms with E-state index in [-0.39, 0.29) is 11.5 Å². The van der Waals surface area contributed by atoms with Gasteiger partial charge in [0.1, 0.15) is 0 Å². The van der Waals surface area contributed by atoms with E-state index in [1.807, 2.05) is 6.92 Å². The van der Waals surface area contributed by atoms with Crippen molar-refractivity contribution in [3.8, 4) is 0 Å². The molecular weight excluding hydrogens is 186 g/mol. The third-order valence-electron chi connectivity index (χ3n) is 3.35. The van der Waals surface area contributed by atoms with Crippen LogP contribution in [0, 0.1) is 0 Å². The van der Waals surface area contributed by atoms with Gasteiger partial charge in [-0.05, 0) is 24.5 Å². The first-order valence-electron chi connectivity index (χ1n) is 5.56. The predicted octanol–water partition coefficient (Wildman–Crippen LogP) is 2.38. The van der Waals surface area contributed by atoms with E-state index >= 15 is 0 Å². The summed E-state index contributed by atoms with van der Waals surface area (Å²) >= 11 is 0. The maximum atomic E-state index is 5.83. The minimum Gasteiger partial charge on any atom is -0.381 e. The Balaban J connectivity index is 2.23. The first-order chi connectivity index (χ1) is 7.12. The smallest absolute Gasteiger partial charge is 0.0561 e. The largest absolute Gasteiger partial charge is 0.381 e. The number of ether oxygens (including phenoxy) is 1. The maximum Gasteiger partial charge on any atom is 0.0561 e. The first-order valence-corrected chi connectivity index (χ1v) is 5.56. The maximum absolute atomic E-state index is 5.83. The standard InChI is InChI=1S/C13H19NO/c1-10(14)11-3-5-12(6-4-11)13(2)7-8-15-9-13/h3-6,10H,7-9,14H2,1-2H3/t10-,13?/m0/s1. The van der Waals surface area contributed by atoms with Gasteiger partial charge in [0.2, 0.25) is 0 Å². The summed E-state index contributed by atoms with van der Waals surface area (Å²) in [6.45, 7) is 5.99. The highest BCUT2D eigenvalue weighted by atomic mass is 16.5. The van der Waals surface area contributed by atoms with Gasteiger partial charge < -0.3 is 10.5 Å². The highest BCUT2D eigenvalue weighted by Gasteiger charge is 2.31. The summed E-state index contributed by atoms with van der Waals surface area (Å²) < 4.78 is 5.47. The molecule has 0 aliphatic carbocycles. The van der Waals surface area contributed by atoms with E-state index in [0.717, 1.165) is 19.6 Å². The molecule has 0 radical (unpaired) electrons. The Morgan fingerprint density at radius 3 is 2.47 bits per heavy atom.